The molecule has 0 aliphatic rings. The highest BCUT2D eigenvalue weighted by Gasteiger charge is 2.17. The van der Waals surface area contributed by atoms with E-state index in [9.17, 15) is 14.9 Å². The maximum atomic E-state index is 12.7. The second-order valence-electron chi connectivity index (χ2n) is 7.13. The van der Waals surface area contributed by atoms with E-state index in [1.165, 1.54) is 5.56 Å². The molecule has 1 N–H and O–H groups in total. The number of carbonyl (C=O) groups is 2. The predicted molar refractivity (Wildman–Crippen MR) is 121 cm³/mol. The van der Waals surface area contributed by atoms with Crippen molar-refractivity contribution >= 4 is 17.6 Å². The van der Waals surface area contributed by atoms with Crippen LogP contribution in [0.1, 0.15) is 41.3 Å². The van der Waals surface area contributed by atoms with Gasteiger partial charge >= 0.3 is 5.97 Å². The number of esters is 1. The van der Waals surface area contributed by atoms with Crippen molar-refractivity contribution in [2.75, 3.05) is 11.9 Å². The molecule has 1 amide bonds. The van der Waals surface area contributed by atoms with Crippen LogP contribution in [0.5, 0.6) is 0 Å². The summed E-state index contributed by atoms with van der Waals surface area (Å²) in [6.07, 6.45) is 3.27. The first-order valence-corrected chi connectivity index (χ1v) is 10.3. The average Bonchev–Trinajstić information content (AvgIpc) is 2.82. The lowest BCUT2D eigenvalue weighted by atomic mass is 9.96. The summed E-state index contributed by atoms with van der Waals surface area (Å²) in [4.78, 5) is 24.9. The van der Waals surface area contributed by atoms with Crippen molar-refractivity contribution in [2.24, 2.45) is 0 Å². The quantitative estimate of drug-likeness (QED) is 0.505. The van der Waals surface area contributed by atoms with E-state index in [1.807, 2.05) is 24.3 Å². The van der Waals surface area contributed by atoms with E-state index >= 15 is 0 Å². The molecule has 0 aliphatic carbocycles. The van der Waals surface area contributed by atoms with E-state index in [-0.39, 0.29) is 0 Å². The van der Waals surface area contributed by atoms with Crippen LogP contribution in [0, 0.1) is 11.3 Å². The minimum atomic E-state index is -0.617. The number of nitriles is 1. The number of hydrogen-bond acceptors (Lipinski definition) is 4. The second kappa shape index (κ2) is 10.7. The molecule has 0 spiro atoms. The number of carbonyl (C=O) groups excluding carboxylic acids is 2. The van der Waals surface area contributed by atoms with E-state index in [0.717, 1.165) is 19.3 Å². The number of ether oxygens (including phenoxy) is 1. The van der Waals surface area contributed by atoms with Crippen molar-refractivity contribution in [3.8, 4) is 17.2 Å². The molecule has 0 heterocycles. The summed E-state index contributed by atoms with van der Waals surface area (Å²) in [7, 11) is 0. The second-order valence-corrected chi connectivity index (χ2v) is 7.13. The fourth-order valence-electron chi connectivity index (χ4n) is 3.25. The van der Waals surface area contributed by atoms with Gasteiger partial charge in [-0.15, -0.1) is 0 Å². The number of nitrogens with one attached hydrogen (secondary N) is 1. The van der Waals surface area contributed by atoms with Gasteiger partial charge in [0.15, 0.2) is 6.61 Å². The molecule has 0 radical (unpaired) electrons. The number of benzene rings is 3. The molecule has 0 fully saturated rings. The summed E-state index contributed by atoms with van der Waals surface area (Å²) in [5.74, 6) is -1.03. The van der Waals surface area contributed by atoms with Crippen molar-refractivity contribution in [2.45, 2.75) is 26.2 Å². The molecular weight excluding hydrogens is 388 g/mol. The lowest BCUT2D eigenvalue weighted by Crippen LogP contribution is -2.21. The van der Waals surface area contributed by atoms with Crippen LogP contribution in [0.3, 0.4) is 0 Å². The topological polar surface area (TPSA) is 79.2 Å². The van der Waals surface area contributed by atoms with Crippen molar-refractivity contribution in [3.63, 3.8) is 0 Å². The molecule has 0 saturated heterocycles. The summed E-state index contributed by atoms with van der Waals surface area (Å²) in [6.45, 7) is 1.75. The molecular formula is C26H24N2O3. The van der Waals surface area contributed by atoms with Crippen LogP contribution in [-0.4, -0.2) is 18.5 Å². The third-order valence-electron chi connectivity index (χ3n) is 4.88. The van der Waals surface area contributed by atoms with E-state index < -0.39 is 18.5 Å². The molecule has 31 heavy (non-hydrogen) atoms. The van der Waals surface area contributed by atoms with Crippen molar-refractivity contribution in [1.29, 1.82) is 5.26 Å². The van der Waals surface area contributed by atoms with Crippen LogP contribution in [0.2, 0.25) is 0 Å². The molecule has 3 rings (SSSR count). The van der Waals surface area contributed by atoms with Gasteiger partial charge in [-0.3, -0.25) is 4.79 Å². The van der Waals surface area contributed by atoms with Gasteiger partial charge in [-0.1, -0.05) is 61.9 Å². The highest BCUT2D eigenvalue weighted by molar-refractivity contribution is 6.00. The smallest absolute Gasteiger partial charge is 0.339 e. The molecule has 0 saturated carbocycles. The number of nitrogens with zero attached hydrogens (tertiary/aromatic N) is 1. The predicted octanol–water partition coefficient (Wildman–Crippen LogP) is 5.36. The number of unbranched alkanes of at least 4 members (excludes halogenated alkanes) is 1. The number of aryl methyl sites for hydroxylation is 1. The highest BCUT2D eigenvalue weighted by Crippen LogP contribution is 2.27. The number of amides is 1. The molecule has 0 unspecified atom stereocenters. The summed E-state index contributed by atoms with van der Waals surface area (Å²) in [5.41, 5.74) is 3.88. The molecule has 0 aromatic heterocycles. The van der Waals surface area contributed by atoms with Crippen molar-refractivity contribution in [1.82, 2.24) is 0 Å². The Labute approximate surface area is 182 Å². The maximum Gasteiger partial charge on any atom is 0.339 e. The van der Waals surface area contributed by atoms with Crippen LogP contribution in [0.25, 0.3) is 11.1 Å². The molecule has 3 aromatic carbocycles. The Morgan fingerprint density at radius 2 is 1.61 bits per heavy atom. The third kappa shape index (κ3) is 5.80. The zero-order valence-corrected chi connectivity index (χ0v) is 17.4. The van der Waals surface area contributed by atoms with E-state index in [2.05, 4.69) is 18.3 Å². The van der Waals surface area contributed by atoms with Crippen molar-refractivity contribution < 1.29 is 14.3 Å². The maximum absolute atomic E-state index is 12.7. The van der Waals surface area contributed by atoms with Gasteiger partial charge in [-0.05, 0) is 48.2 Å². The minimum Gasteiger partial charge on any atom is -0.452 e. The molecule has 3 aromatic rings. The van der Waals surface area contributed by atoms with Crippen LogP contribution in [0.4, 0.5) is 5.69 Å². The fourth-order valence-corrected chi connectivity index (χ4v) is 3.25. The van der Waals surface area contributed by atoms with Crippen LogP contribution in [0.15, 0.2) is 72.8 Å². The monoisotopic (exact) mass is 412 g/mol. The van der Waals surface area contributed by atoms with Crippen LogP contribution >= 0.6 is 0 Å². The van der Waals surface area contributed by atoms with Gasteiger partial charge in [0, 0.05) is 11.3 Å². The molecule has 5 heteroatoms. The van der Waals surface area contributed by atoms with Gasteiger partial charge in [0.05, 0.1) is 17.2 Å². The largest absolute Gasteiger partial charge is 0.452 e. The fraction of sp³-hybridized carbons (Fsp3) is 0.192. The summed E-state index contributed by atoms with van der Waals surface area (Å²) in [6, 6.07) is 23.7. The van der Waals surface area contributed by atoms with Gasteiger partial charge in [0.2, 0.25) is 0 Å². The normalized spacial score (nSPS) is 10.2. The molecule has 156 valence electrons. The Morgan fingerprint density at radius 1 is 0.935 bits per heavy atom. The molecule has 0 bridgehead atoms. The number of hydrogen-bond donors (Lipinski definition) is 1. The van der Waals surface area contributed by atoms with Gasteiger partial charge < -0.3 is 10.1 Å². The van der Waals surface area contributed by atoms with E-state index in [1.54, 1.807) is 48.5 Å². The van der Waals surface area contributed by atoms with E-state index in [4.69, 9.17) is 4.74 Å². The Morgan fingerprint density at radius 3 is 2.32 bits per heavy atom. The Kier molecular flexibility index (Phi) is 7.56. The molecule has 0 atom stereocenters. The van der Waals surface area contributed by atoms with Gasteiger partial charge in [-0.25, -0.2) is 4.79 Å². The Hall–Kier alpha value is -3.91. The van der Waals surface area contributed by atoms with Gasteiger partial charge in [0.1, 0.15) is 0 Å². The molecule has 5 nitrogen and oxygen atoms in total. The van der Waals surface area contributed by atoms with Gasteiger partial charge in [-0.2, -0.15) is 5.26 Å². The zero-order valence-electron chi connectivity index (χ0n) is 17.4. The first kappa shape index (κ1) is 21.8. The van der Waals surface area contributed by atoms with Crippen LogP contribution in [-0.2, 0) is 16.0 Å². The number of anilines is 1. The summed E-state index contributed by atoms with van der Waals surface area (Å²) < 4.78 is 5.24. The third-order valence-corrected chi connectivity index (χ3v) is 4.88. The van der Waals surface area contributed by atoms with Crippen molar-refractivity contribution in [3.05, 3.63) is 89.5 Å². The average molecular weight is 412 g/mol. The lowest BCUT2D eigenvalue weighted by molar-refractivity contribution is -0.119. The lowest BCUT2D eigenvalue weighted by Gasteiger charge is -2.11. The summed E-state index contributed by atoms with van der Waals surface area (Å²) >= 11 is 0. The first-order chi connectivity index (χ1) is 15.1. The Bertz CT molecular complexity index is 1100. The zero-order chi connectivity index (χ0) is 22.1. The minimum absolute atomic E-state index is 0.304. The first-order valence-electron chi connectivity index (χ1n) is 10.3. The highest BCUT2D eigenvalue weighted by atomic mass is 16.5. The standard InChI is InChI=1S/C26H24N2O3/c1-2-3-8-19-13-15-21(16-14-19)28-25(29)18-31-26(30)24-12-7-6-11-23(24)22-10-5-4-9-20(22)17-27/h4-7,9-16H,2-3,8,18H2,1H3,(H,28,29). The Balaban J connectivity index is 1.64. The van der Waals surface area contributed by atoms with E-state index in [0.29, 0.717) is 27.9 Å². The van der Waals surface area contributed by atoms with Crippen LogP contribution < -0.4 is 5.32 Å². The summed E-state index contributed by atoms with van der Waals surface area (Å²) in [5, 5.41) is 12.1. The number of rotatable bonds is 8. The SMILES string of the molecule is CCCCc1ccc(NC(=O)COC(=O)c2ccccc2-c2ccccc2C#N)cc1. The van der Waals surface area contributed by atoms with Gasteiger partial charge in [0.25, 0.3) is 5.91 Å². The molecule has 0 aliphatic heterocycles.